The average Bonchev–Trinajstić information content (AvgIpc) is 2.76. The molecular formula is C24H24Br2N4O6. The van der Waals surface area contributed by atoms with Gasteiger partial charge in [0.05, 0.1) is 32.6 Å². The van der Waals surface area contributed by atoms with Gasteiger partial charge >= 0.3 is 11.7 Å². The minimum atomic E-state index is -0.652. The molecule has 0 bridgehead atoms. The van der Waals surface area contributed by atoms with E-state index in [0.717, 1.165) is 4.47 Å². The van der Waals surface area contributed by atoms with Crippen LogP contribution < -0.4 is 10.3 Å². The van der Waals surface area contributed by atoms with E-state index in [2.05, 4.69) is 41.9 Å². The summed E-state index contributed by atoms with van der Waals surface area (Å²) >= 11 is 6.64. The second-order valence-corrected chi connectivity index (χ2v) is 10.9. The normalized spacial score (nSPS) is 11.9. The number of ether oxygens (including phenoxy) is 2. The number of benzene rings is 2. The highest BCUT2D eigenvalue weighted by atomic mass is 79.9. The van der Waals surface area contributed by atoms with Gasteiger partial charge in [-0.15, -0.1) is 0 Å². The fourth-order valence-electron chi connectivity index (χ4n) is 3.25. The van der Waals surface area contributed by atoms with Crippen molar-refractivity contribution in [1.82, 2.24) is 9.66 Å². The van der Waals surface area contributed by atoms with Gasteiger partial charge in [-0.1, -0.05) is 36.7 Å². The third kappa shape index (κ3) is 6.35. The Morgan fingerprint density at radius 1 is 1.25 bits per heavy atom. The maximum atomic E-state index is 13.3. The minimum absolute atomic E-state index is 0.123. The van der Waals surface area contributed by atoms with Crippen molar-refractivity contribution in [3.05, 3.63) is 71.1 Å². The Balaban J connectivity index is 2.06. The topological polar surface area (TPSA) is 126 Å². The van der Waals surface area contributed by atoms with Gasteiger partial charge in [0.15, 0.2) is 6.61 Å². The SMILES string of the molecule is CC(C)OC(=O)COc1c(Br)cc(C=Nn2c(C(C)(C)C)nc3ccc(Br)cc3c2=O)cc1[N+](=O)[O-]. The van der Waals surface area contributed by atoms with Gasteiger partial charge in [-0.25, -0.2) is 9.78 Å². The second kappa shape index (κ2) is 10.9. The maximum Gasteiger partial charge on any atom is 0.344 e. The van der Waals surface area contributed by atoms with Crippen LogP contribution in [-0.4, -0.2) is 39.5 Å². The Bertz CT molecular complexity index is 1430. The number of aromatic nitrogens is 2. The van der Waals surface area contributed by atoms with E-state index in [1.165, 1.54) is 23.0 Å². The lowest BCUT2D eigenvalue weighted by molar-refractivity contribution is -0.385. The number of nitrogens with zero attached hydrogens (tertiary/aromatic N) is 4. The molecule has 0 aliphatic carbocycles. The lowest BCUT2D eigenvalue weighted by Gasteiger charge is -2.20. The zero-order valence-electron chi connectivity index (χ0n) is 20.2. The molecule has 0 aliphatic heterocycles. The number of carbonyl (C=O) groups is 1. The summed E-state index contributed by atoms with van der Waals surface area (Å²) < 4.78 is 12.5. The zero-order chi connectivity index (χ0) is 26.8. The van der Waals surface area contributed by atoms with Gasteiger partial charge < -0.3 is 9.47 Å². The van der Waals surface area contributed by atoms with Crippen molar-refractivity contribution < 1.29 is 19.2 Å². The van der Waals surface area contributed by atoms with Crippen LogP contribution in [0.15, 0.2) is 49.2 Å². The average molecular weight is 624 g/mol. The predicted octanol–water partition coefficient (Wildman–Crippen LogP) is 5.34. The number of nitro groups is 1. The van der Waals surface area contributed by atoms with Crippen LogP contribution in [0.2, 0.25) is 0 Å². The molecule has 3 aromatic rings. The Labute approximate surface area is 223 Å². The number of rotatable bonds is 7. The number of hydrogen-bond donors (Lipinski definition) is 0. The summed E-state index contributed by atoms with van der Waals surface area (Å²) in [6, 6.07) is 8.00. The van der Waals surface area contributed by atoms with Gasteiger partial charge in [-0.3, -0.25) is 14.9 Å². The molecule has 0 saturated carbocycles. The number of esters is 1. The number of hydrogen-bond acceptors (Lipinski definition) is 8. The molecule has 10 nitrogen and oxygen atoms in total. The van der Waals surface area contributed by atoms with E-state index in [0.29, 0.717) is 22.3 Å². The van der Waals surface area contributed by atoms with Gasteiger partial charge in [0.25, 0.3) is 5.56 Å². The third-order valence-corrected chi connectivity index (χ3v) is 5.83. The molecule has 1 heterocycles. The smallest absolute Gasteiger partial charge is 0.344 e. The maximum absolute atomic E-state index is 13.3. The first-order valence-corrected chi connectivity index (χ1v) is 12.4. The summed E-state index contributed by atoms with van der Waals surface area (Å²) in [4.78, 5) is 40.8. The first-order valence-electron chi connectivity index (χ1n) is 10.8. The highest BCUT2D eigenvalue weighted by molar-refractivity contribution is 9.10. The standard InChI is InChI=1S/C24H24Br2N4O6/c1-13(2)36-20(31)12-35-21-17(26)8-14(9-19(21)30(33)34)11-27-29-22(32)16-10-15(25)6-7-18(16)28-23(29)24(3,4)5/h6-11,13H,12H2,1-5H3. The molecule has 0 radical (unpaired) electrons. The fraction of sp³-hybridized carbons (Fsp3) is 0.333. The lowest BCUT2D eigenvalue weighted by Crippen LogP contribution is -2.29. The fourth-order valence-corrected chi connectivity index (χ4v) is 4.19. The molecule has 0 spiro atoms. The molecular weight excluding hydrogens is 600 g/mol. The van der Waals surface area contributed by atoms with Crippen molar-refractivity contribution in [2.75, 3.05) is 6.61 Å². The van der Waals surface area contributed by atoms with Crippen LogP contribution in [0, 0.1) is 10.1 Å². The Morgan fingerprint density at radius 2 is 1.94 bits per heavy atom. The highest BCUT2D eigenvalue weighted by Gasteiger charge is 2.24. The van der Waals surface area contributed by atoms with Gasteiger partial charge in [0, 0.05) is 21.5 Å². The summed E-state index contributed by atoms with van der Waals surface area (Å²) in [6.45, 7) is 8.60. The van der Waals surface area contributed by atoms with E-state index >= 15 is 0 Å². The van der Waals surface area contributed by atoms with Crippen molar-refractivity contribution in [1.29, 1.82) is 0 Å². The van der Waals surface area contributed by atoms with Crippen LogP contribution in [-0.2, 0) is 14.9 Å². The first kappa shape index (κ1) is 27.5. The quantitative estimate of drug-likeness (QED) is 0.150. The van der Waals surface area contributed by atoms with E-state index < -0.39 is 22.9 Å². The Kier molecular flexibility index (Phi) is 8.29. The van der Waals surface area contributed by atoms with Gasteiger partial charge in [0.2, 0.25) is 5.75 Å². The van der Waals surface area contributed by atoms with Crippen LogP contribution in [0.3, 0.4) is 0 Å². The molecule has 0 fully saturated rings. The summed E-state index contributed by atoms with van der Waals surface area (Å²) in [5.41, 5.74) is -0.416. The van der Waals surface area contributed by atoms with E-state index in [1.54, 1.807) is 32.0 Å². The molecule has 0 aliphatic rings. The molecule has 0 N–H and O–H groups in total. The largest absolute Gasteiger partial charge is 0.474 e. The molecule has 0 atom stereocenters. The van der Waals surface area contributed by atoms with Crippen LogP contribution in [0.1, 0.15) is 46.0 Å². The number of halogens is 2. The van der Waals surface area contributed by atoms with Crippen LogP contribution in [0.4, 0.5) is 5.69 Å². The van der Waals surface area contributed by atoms with Crippen molar-refractivity contribution in [2.45, 2.75) is 46.1 Å². The molecule has 0 saturated heterocycles. The monoisotopic (exact) mass is 622 g/mol. The first-order chi connectivity index (χ1) is 16.8. The van der Waals surface area contributed by atoms with Gasteiger partial charge in [0.1, 0.15) is 5.82 Å². The van der Waals surface area contributed by atoms with Crippen molar-refractivity contribution >= 4 is 60.6 Å². The lowest BCUT2D eigenvalue weighted by atomic mass is 9.95. The second-order valence-electron chi connectivity index (χ2n) is 9.14. The van der Waals surface area contributed by atoms with Gasteiger partial charge in [-0.05, 0) is 54.0 Å². The predicted molar refractivity (Wildman–Crippen MR) is 143 cm³/mol. The minimum Gasteiger partial charge on any atom is -0.474 e. The number of fused-ring (bicyclic) bond motifs is 1. The summed E-state index contributed by atoms with van der Waals surface area (Å²) in [6.07, 6.45) is 0.988. The van der Waals surface area contributed by atoms with Crippen molar-refractivity contribution in [3.8, 4) is 5.75 Å². The van der Waals surface area contributed by atoms with Gasteiger partial charge in [-0.2, -0.15) is 9.78 Å². The summed E-state index contributed by atoms with van der Waals surface area (Å²) in [5.74, 6) is -0.347. The molecule has 1 aromatic heterocycles. The van der Waals surface area contributed by atoms with E-state index in [4.69, 9.17) is 9.47 Å². The third-order valence-electron chi connectivity index (χ3n) is 4.75. The Morgan fingerprint density at radius 3 is 2.56 bits per heavy atom. The summed E-state index contributed by atoms with van der Waals surface area (Å²) in [5, 5.41) is 16.4. The van der Waals surface area contributed by atoms with Crippen LogP contribution >= 0.6 is 31.9 Å². The number of nitro benzene ring substituents is 1. The van der Waals surface area contributed by atoms with E-state index in [-0.39, 0.29) is 27.6 Å². The molecule has 36 heavy (non-hydrogen) atoms. The molecule has 3 rings (SSSR count). The van der Waals surface area contributed by atoms with Crippen LogP contribution in [0.5, 0.6) is 5.75 Å². The van der Waals surface area contributed by atoms with Crippen molar-refractivity contribution in [3.63, 3.8) is 0 Å². The Hall–Kier alpha value is -3.12. The number of carbonyl (C=O) groups excluding carboxylic acids is 1. The summed E-state index contributed by atoms with van der Waals surface area (Å²) in [7, 11) is 0. The van der Waals surface area contributed by atoms with E-state index in [1.807, 2.05) is 20.8 Å². The molecule has 0 amide bonds. The van der Waals surface area contributed by atoms with E-state index in [9.17, 15) is 19.7 Å². The van der Waals surface area contributed by atoms with Crippen molar-refractivity contribution in [2.24, 2.45) is 5.10 Å². The molecule has 2 aromatic carbocycles. The molecule has 12 heteroatoms. The zero-order valence-corrected chi connectivity index (χ0v) is 23.4. The van der Waals surface area contributed by atoms with Crippen LogP contribution in [0.25, 0.3) is 10.9 Å². The molecule has 0 unspecified atom stereocenters. The highest BCUT2D eigenvalue weighted by Crippen LogP contribution is 2.36. The molecule has 190 valence electrons.